The molecule has 1 aromatic heterocycles. The molecule has 1 aliphatic heterocycles. The van der Waals surface area contributed by atoms with Crippen molar-refractivity contribution in [1.29, 1.82) is 0 Å². The second-order valence-electron chi connectivity index (χ2n) is 5.31. The molecule has 1 aromatic carbocycles. The highest BCUT2D eigenvalue weighted by Crippen LogP contribution is 2.33. The molecule has 1 atom stereocenters. The lowest BCUT2D eigenvalue weighted by molar-refractivity contribution is 0.614. The summed E-state index contributed by atoms with van der Waals surface area (Å²) in [6.07, 6.45) is 2.26. The van der Waals surface area contributed by atoms with Gasteiger partial charge in [-0.3, -0.25) is 0 Å². The van der Waals surface area contributed by atoms with E-state index < -0.39 is 0 Å². The van der Waals surface area contributed by atoms with E-state index in [1.807, 2.05) is 19.1 Å². The summed E-state index contributed by atoms with van der Waals surface area (Å²) in [5.41, 5.74) is 7.98. The fraction of sp³-hybridized carbons (Fsp3) is 0.400. The number of benzene rings is 1. The monoisotopic (exact) mass is 291 g/mol. The average Bonchev–Trinajstić information content (AvgIpc) is 2.95. The molecule has 2 heterocycles. The van der Waals surface area contributed by atoms with E-state index in [0.29, 0.717) is 16.9 Å². The zero-order valence-corrected chi connectivity index (χ0v) is 12.5. The first-order valence-corrected chi connectivity index (χ1v) is 7.67. The molecule has 2 N–H and O–H groups in total. The summed E-state index contributed by atoms with van der Waals surface area (Å²) in [5.74, 6) is -0.178. The predicted molar refractivity (Wildman–Crippen MR) is 82.7 cm³/mol. The Balaban J connectivity index is 1.97. The van der Waals surface area contributed by atoms with Crippen molar-refractivity contribution >= 4 is 22.2 Å². The van der Waals surface area contributed by atoms with Gasteiger partial charge in [0, 0.05) is 23.0 Å². The summed E-state index contributed by atoms with van der Waals surface area (Å²) in [5, 5.41) is 0.523. The van der Waals surface area contributed by atoms with Gasteiger partial charge in [-0.15, -0.1) is 11.3 Å². The molecule has 3 rings (SSSR count). The van der Waals surface area contributed by atoms with Gasteiger partial charge in [0.25, 0.3) is 0 Å². The number of anilines is 2. The lowest BCUT2D eigenvalue weighted by atomic mass is 10.1. The van der Waals surface area contributed by atoms with Crippen molar-refractivity contribution in [3.05, 3.63) is 28.9 Å². The Morgan fingerprint density at radius 1 is 1.45 bits per heavy atom. The molecule has 1 fully saturated rings. The molecule has 5 heteroatoms. The van der Waals surface area contributed by atoms with E-state index in [1.165, 1.54) is 11.3 Å². The number of hydrogen-bond donors (Lipinski definition) is 1. The smallest absolute Gasteiger partial charge is 0.180 e. The van der Waals surface area contributed by atoms with Gasteiger partial charge in [-0.05, 0) is 38.8 Å². The summed E-state index contributed by atoms with van der Waals surface area (Å²) in [6.45, 7) is 5.03. The molecule has 2 aromatic rings. The third-order valence-corrected chi connectivity index (χ3v) is 4.70. The molecule has 3 nitrogen and oxygen atoms in total. The van der Waals surface area contributed by atoms with Crippen LogP contribution in [0.25, 0.3) is 11.3 Å². The van der Waals surface area contributed by atoms with Crippen LogP contribution < -0.4 is 10.6 Å². The second-order valence-corrected chi connectivity index (χ2v) is 6.54. The molecule has 0 saturated carbocycles. The summed E-state index contributed by atoms with van der Waals surface area (Å²) in [4.78, 5) is 7.44. The number of rotatable bonds is 2. The quantitative estimate of drug-likeness (QED) is 0.914. The van der Waals surface area contributed by atoms with Crippen molar-refractivity contribution in [1.82, 2.24) is 4.98 Å². The molecule has 0 amide bonds. The zero-order chi connectivity index (χ0) is 14.3. The highest BCUT2D eigenvalue weighted by Gasteiger charge is 2.23. The maximum atomic E-state index is 14.4. The van der Waals surface area contributed by atoms with E-state index in [1.54, 1.807) is 6.07 Å². The number of aryl methyl sites for hydroxylation is 1. The minimum Gasteiger partial charge on any atom is -0.375 e. The minimum absolute atomic E-state index is 0.178. The molecule has 0 bridgehead atoms. The van der Waals surface area contributed by atoms with Gasteiger partial charge in [0.05, 0.1) is 11.4 Å². The van der Waals surface area contributed by atoms with Gasteiger partial charge < -0.3 is 10.6 Å². The van der Waals surface area contributed by atoms with Crippen LogP contribution in [0.4, 0.5) is 15.2 Å². The number of nitrogen functional groups attached to an aromatic ring is 1. The van der Waals surface area contributed by atoms with Crippen LogP contribution in [0.5, 0.6) is 0 Å². The van der Waals surface area contributed by atoms with E-state index in [4.69, 9.17) is 5.73 Å². The van der Waals surface area contributed by atoms with Crippen LogP contribution in [-0.4, -0.2) is 17.6 Å². The second kappa shape index (κ2) is 5.05. The molecule has 1 unspecified atom stereocenters. The molecule has 20 heavy (non-hydrogen) atoms. The van der Waals surface area contributed by atoms with E-state index in [0.717, 1.165) is 35.5 Å². The van der Waals surface area contributed by atoms with Gasteiger partial charge in [-0.1, -0.05) is 6.07 Å². The third-order valence-electron chi connectivity index (χ3n) is 3.90. The van der Waals surface area contributed by atoms with Crippen molar-refractivity contribution in [3.63, 3.8) is 0 Å². The molecule has 1 aliphatic rings. The van der Waals surface area contributed by atoms with E-state index >= 15 is 0 Å². The largest absolute Gasteiger partial charge is 0.375 e. The lowest BCUT2D eigenvalue weighted by Crippen LogP contribution is -2.27. The molecule has 1 saturated heterocycles. The Morgan fingerprint density at radius 2 is 2.25 bits per heavy atom. The van der Waals surface area contributed by atoms with Gasteiger partial charge in [0.15, 0.2) is 5.13 Å². The van der Waals surface area contributed by atoms with Crippen LogP contribution >= 0.6 is 11.3 Å². The van der Waals surface area contributed by atoms with E-state index in [9.17, 15) is 4.39 Å². The van der Waals surface area contributed by atoms with Crippen LogP contribution in [-0.2, 0) is 0 Å². The van der Waals surface area contributed by atoms with Crippen molar-refractivity contribution in [2.45, 2.75) is 32.7 Å². The number of nitrogens with zero attached hydrogens (tertiary/aromatic N) is 2. The number of hydrogen-bond acceptors (Lipinski definition) is 4. The van der Waals surface area contributed by atoms with E-state index in [2.05, 4.69) is 16.8 Å². The van der Waals surface area contributed by atoms with Crippen LogP contribution in [0, 0.1) is 12.7 Å². The maximum Gasteiger partial charge on any atom is 0.180 e. The highest BCUT2D eigenvalue weighted by molar-refractivity contribution is 7.15. The van der Waals surface area contributed by atoms with Crippen molar-refractivity contribution in [2.75, 3.05) is 17.2 Å². The molecule has 0 radical (unpaired) electrons. The SMILES string of the molecule is Cc1sc(N)nc1-c1ccc(N2CCCC2C)c(F)c1. The van der Waals surface area contributed by atoms with Crippen LogP contribution in [0.15, 0.2) is 18.2 Å². The number of aromatic nitrogens is 1. The van der Waals surface area contributed by atoms with Crippen molar-refractivity contribution < 1.29 is 4.39 Å². The summed E-state index contributed by atoms with van der Waals surface area (Å²) in [7, 11) is 0. The number of thiazole rings is 1. The Kier molecular flexibility index (Phi) is 3.38. The van der Waals surface area contributed by atoms with Crippen LogP contribution in [0.1, 0.15) is 24.6 Å². The predicted octanol–water partition coefficient (Wildman–Crippen LogP) is 3.83. The molecular formula is C15H18FN3S. The Morgan fingerprint density at radius 3 is 2.80 bits per heavy atom. The summed E-state index contributed by atoms with van der Waals surface area (Å²) >= 11 is 1.43. The zero-order valence-electron chi connectivity index (χ0n) is 11.7. The average molecular weight is 291 g/mol. The van der Waals surface area contributed by atoms with Crippen LogP contribution in [0.2, 0.25) is 0 Å². The van der Waals surface area contributed by atoms with Gasteiger partial charge >= 0.3 is 0 Å². The topological polar surface area (TPSA) is 42.1 Å². The summed E-state index contributed by atoms with van der Waals surface area (Å²) < 4.78 is 14.4. The third kappa shape index (κ3) is 2.26. The Labute approximate surface area is 122 Å². The van der Waals surface area contributed by atoms with Crippen molar-refractivity contribution in [2.24, 2.45) is 0 Å². The van der Waals surface area contributed by atoms with Crippen molar-refractivity contribution in [3.8, 4) is 11.3 Å². The first kappa shape index (κ1) is 13.4. The Bertz CT molecular complexity index is 638. The van der Waals surface area contributed by atoms with E-state index in [-0.39, 0.29) is 5.82 Å². The molecule has 106 valence electrons. The fourth-order valence-electron chi connectivity index (χ4n) is 2.86. The first-order chi connectivity index (χ1) is 9.56. The molecule has 0 aliphatic carbocycles. The standard InChI is InChI=1S/C15H18FN3S/c1-9-4-3-7-19(9)13-6-5-11(8-12(13)16)14-10(2)20-15(17)18-14/h5-6,8-9H,3-4,7H2,1-2H3,(H2,17,18). The van der Waals surface area contributed by atoms with Crippen LogP contribution in [0.3, 0.4) is 0 Å². The number of halogens is 1. The van der Waals surface area contributed by atoms with Gasteiger partial charge in [-0.2, -0.15) is 0 Å². The normalized spacial score (nSPS) is 18.8. The highest BCUT2D eigenvalue weighted by atomic mass is 32.1. The molecule has 0 spiro atoms. The molecular weight excluding hydrogens is 273 g/mol. The van der Waals surface area contributed by atoms with Gasteiger partial charge in [0.1, 0.15) is 5.82 Å². The first-order valence-electron chi connectivity index (χ1n) is 6.85. The Hall–Kier alpha value is -1.62. The summed E-state index contributed by atoms with van der Waals surface area (Å²) in [6, 6.07) is 5.78. The minimum atomic E-state index is -0.178. The lowest BCUT2D eigenvalue weighted by Gasteiger charge is -2.24. The maximum absolute atomic E-state index is 14.4. The van der Waals surface area contributed by atoms with Gasteiger partial charge in [0.2, 0.25) is 0 Å². The van der Waals surface area contributed by atoms with Gasteiger partial charge in [-0.25, -0.2) is 9.37 Å². The fourth-order valence-corrected chi connectivity index (χ4v) is 3.57. The number of nitrogens with two attached hydrogens (primary N) is 1.